The monoisotopic (exact) mass is 394 g/mol. The van der Waals surface area contributed by atoms with Gasteiger partial charge in [-0.25, -0.2) is 0 Å². The third kappa shape index (κ3) is 10.3. The molecule has 0 bridgehead atoms. The normalized spacial score (nSPS) is 11.2. The minimum Gasteiger partial charge on any atom is -0.494 e. The van der Waals surface area contributed by atoms with Crippen LogP contribution in [0.3, 0.4) is 0 Å². The van der Waals surface area contributed by atoms with Crippen molar-refractivity contribution in [2.45, 2.75) is 84.5 Å². The molecule has 0 saturated carbocycles. The van der Waals surface area contributed by atoms with Crippen LogP contribution in [-0.2, 0) is 6.42 Å². The summed E-state index contributed by atoms with van der Waals surface area (Å²) in [4.78, 5) is 0. The predicted octanol–water partition coefficient (Wildman–Crippen LogP) is 8.96. The smallest absolute Gasteiger partial charge is 0.119 e. The van der Waals surface area contributed by atoms with Gasteiger partial charge >= 0.3 is 0 Å². The summed E-state index contributed by atoms with van der Waals surface area (Å²) in [5, 5.41) is 8.64. The summed E-state index contributed by atoms with van der Waals surface area (Å²) in [5.74, 6) is 0.864. The van der Waals surface area contributed by atoms with E-state index >= 15 is 0 Å². The number of ether oxygens (including phenoxy) is 1. The topological polar surface area (TPSA) is 34.0 Å². The first-order valence-electron chi connectivity index (χ1n) is 11.6. The highest BCUT2D eigenvalue weighted by Crippen LogP contribution is 2.22. The third-order valence-corrected chi connectivity index (χ3v) is 5.18. The molecule has 2 aromatic carbocycles. The summed E-state index contributed by atoms with van der Waals surface area (Å²) in [5.41, 5.74) is 3.12. The van der Waals surface area contributed by atoms with Crippen molar-refractivity contribution in [3.05, 3.63) is 54.1 Å². The number of unbranched alkanes of at least 4 members (excludes halogenated alkanes) is 9. The molecule has 0 unspecified atom stereocenters. The Morgan fingerprint density at radius 3 is 1.59 bits per heavy atom. The molecular weight excluding hydrogens is 356 g/mol. The summed E-state index contributed by atoms with van der Waals surface area (Å²) in [6.45, 7) is 4.93. The van der Waals surface area contributed by atoms with Gasteiger partial charge in [0.25, 0.3) is 0 Å². The molecule has 29 heavy (non-hydrogen) atoms. The Bertz CT molecular complexity index is 677. The van der Waals surface area contributed by atoms with Crippen LogP contribution in [-0.4, -0.2) is 6.61 Å². The van der Waals surface area contributed by atoms with Crippen molar-refractivity contribution in [2.75, 3.05) is 6.61 Å². The molecule has 0 saturated heterocycles. The number of aryl methyl sites for hydroxylation is 1. The Hall–Kier alpha value is -2.16. The van der Waals surface area contributed by atoms with Crippen LogP contribution in [0.4, 0.5) is 11.4 Å². The number of nitrogens with zero attached hydrogens (tertiary/aromatic N) is 2. The summed E-state index contributed by atoms with van der Waals surface area (Å²) < 4.78 is 5.44. The van der Waals surface area contributed by atoms with Crippen LogP contribution in [0.2, 0.25) is 0 Å². The Balaban J connectivity index is 1.60. The van der Waals surface area contributed by atoms with Gasteiger partial charge in [-0.2, -0.15) is 10.2 Å². The number of hydrogen-bond donors (Lipinski definition) is 0. The van der Waals surface area contributed by atoms with Crippen LogP contribution in [0, 0.1) is 0 Å². The maximum atomic E-state index is 5.44. The van der Waals surface area contributed by atoms with E-state index < -0.39 is 0 Å². The number of hydrogen-bond acceptors (Lipinski definition) is 3. The van der Waals surface area contributed by atoms with Gasteiger partial charge in [-0.3, -0.25) is 0 Å². The SMILES string of the molecule is CCCCCCCCCCCCc1ccc(N=Nc2ccc(OCC)cc2)cc1. The molecule has 3 heteroatoms. The number of azo groups is 1. The average molecular weight is 395 g/mol. The fraction of sp³-hybridized carbons (Fsp3) is 0.538. The van der Waals surface area contributed by atoms with E-state index in [1.165, 1.54) is 69.8 Å². The van der Waals surface area contributed by atoms with E-state index in [1.807, 2.05) is 31.2 Å². The lowest BCUT2D eigenvalue weighted by molar-refractivity contribution is 0.340. The zero-order chi connectivity index (χ0) is 20.6. The largest absolute Gasteiger partial charge is 0.494 e. The zero-order valence-electron chi connectivity index (χ0n) is 18.4. The second-order valence-corrected chi connectivity index (χ2v) is 7.73. The Kier molecular flexibility index (Phi) is 11.8. The minimum atomic E-state index is 0.673. The molecule has 0 atom stereocenters. The van der Waals surface area contributed by atoms with Crippen LogP contribution in [0.5, 0.6) is 5.75 Å². The van der Waals surface area contributed by atoms with Gasteiger partial charge < -0.3 is 4.74 Å². The molecule has 3 nitrogen and oxygen atoms in total. The van der Waals surface area contributed by atoms with Gasteiger partial charge in [0.15, 0.2) is 0 Å². The van der Waals surface area contributed by atoms with E-state index in [4.69, 9.17) is 4.74 Å². The molecule has 158 valence electrons. The van der Waals surface area contributed by atoms with E-state index in [0.717, 1.165) is 23.5 Å². The second-order valence-electron chi connectivity index (χ2n) is 7.73. The van der Waals surface area contributed by atoms with Gasteiger partial charge in [0.2, 0.25) is 0 Å². The molecule has 0 N–H and O–H groups in total. The summed E-state index contributed by atoms with van der Waals surface area (Å²) >= 11 is 0. The summed E-state index contributed by atoms with van der Waals surface area (Å²) in [7, 11) is 0. The molecule has 0 aliphatic rings. The van der Waals surface area contributed by atoms with E-state index in [-0.39, 0.29) is 0 Å². The first kappa shape index (κ1) is 23.1. The van der Waals surface area contributed by atoms with Gasteiger partial charge in [0.1, 0.15) is 5.75 Å². The first-order chi connectivity index (χ1) is 14.3. The quantitative estimate of drug-likeness (QED) is 0.219. The van der Waals surface area contributed by atoms with Crippen LogP contribution in [0.15, 0.2) is 58.8 Å². The highest BCUT2D eigenvalue weighted by molar-refractivity contribution is 5.43. The second kappa shape index (κ2) is 14.8. The van der Waals surface area contributed by atoms with Crippen molar-refractivity contribution in [3.8, 4) is 5.75 Å². The Morgan fingerprint density at radius 1 is 0.586 bits per heavy atom. The lowest BCUT2D eigenvalue weighted by Gasteiger charge is -2.04. The summed E-state index contributed by atoms with van der Waals surface area (Å²) in [6.07, 6.45) is 15.0. The molecule has 0 aromatic heterocycles. The maximum absolute atomic E-state index is 5.44. The maximum Gasteiger partial charge on any atom is 0.119 e. The van der Waals surface area contributed by atoms with Crippen LogP contribution < -0.4 is 4.74 Å². The van der Waals surface area contributed by atoms with Crippen molar-refractivity contribution >= 4 is 11.4 Å². The standard InChI is InChI=1S/C26H38N2O/c1-3-5-6-7-8-9-10-11-12-13-14-23-15-17-24(18-16-23)27-28-25-19-21-26(22-20-25)29-4-2/h15-22H,3-14H2,1-2H3. The molecule has 2 aromatic rings. The van der Waals surface area contributed by atoms with Crippen molar-refractivity contribution in [1.82, 2.24) is 0 Å². The molecule has 0 fully saturated rings. The van der Waals surface area contributed by atoms with Crippen molar-refractivity contribution in [1.29, 1.82) is 0 Å². The van der Waals surface area contributed by atoms with Gasteiger partial charge in [-0.15, -0.1) is 0 Å². The molecule has 0 amide bonds. The molecule has 0 spiro atoms. The zero-order valence-corrected chi connectivity index (χ0v) is 18.4. The Morgan fingerprint density at radius 2 is 1.07 bits per heavy atom. The fourth-order valence-electron chi connectivity index (χ4n) is 3.44. The van der Waals surface area contributed by atoms with Gasteiger partial charge in [-0.05, 0) is 61.7 Å². The van der Waals surface area contributed by atoms with Crippen LogP contribution >= 0.6 is 0 Å². The van der Waals surface area contributed by atoms with Crippen LogP contribution in [0.1, 0.15) is 83.6 Å². The lowest BCUT2D eigenvalue weighted by Crippen LogP contribution is -1.89. The molecule has 0 aliphatic heterocycles. The lowest BCUT2D eigenvalue weighted by atomic mass is 10.0. The van der Waals surface area contributed by atoms with Gasteiger partial charge in [0, 0.05) is 0 Å². The fourth-order valence-corrected chi connectivity index (χ4v) is 3.44. The molecule has 2 rings (SSSR count). The van der Waals surface area contributed by atoms with E-state index in [1.54, 1.807) is 0 Å². The Labute approximate surface area is 177 Å². The molecule has 0 aliphatic carbocycles. The van der Waals surface area contributed by atoms with Gasteiger partial charge in [-0.1, -0.05) is 76.8 Å². The van der Waals surface area contributed by atoms with Crippen LogP contribution in [0.25, 0.3) is 0 Å². The third-order valence-electron chi connectivity index (χ3n) is 5.18. The molecular formula is C26H38N2O. The van der Waals surface area contributed by atoms with Crippen molar-refractivity contribution in [3.63, 3.8) is 0 Å². The average Bonchev–Trinajstić information content (AvgIpc) is 2.76. The number of rotatable bonds is 15. The van der Waals surface area contributed by atoms with Gasteiger partial charge in [0.05, 0.1) is 18.0 Å². The summed E-state index contributed by atoms with van der Waals surface area (Å²) in [6, 6.07) is 16.2. The molecule has 0 radical (unpaired) electrons. The van der Waals surface area contributed by atoms with Crippen molar-refractivity contribution < 1.29 is 4.74 Å². The van der Waals surface area contributed by atoms with E-state index in [2.05, 4.69) is 41.4 Å². The number of benzene rings is 2. The minimum absolute atomic E-state index is 0.673. The highest BCUT2D eigenvalue weighted by atomic mass is 16.5. The highest BCUT2D eigenvalue weighted by Gasteiger charge is 1.97. The molecule has 0 heterocycles. The predicted molar refractivity (Wildman–Crippen MR) is 124 cm³/mol. The first-order valence-corrected chi connectivity index (χ1v) is 11.6. The van der Waals surface area contributed by atoms with Crippen molar-refractivity contribution in [2.24, 2.45) is 10.2 Å². The van der Waals surface area contributed by atoms with E-state index in [0.29, 0.717) is 6.61 Å². The van der Waals surface area contributed by atoms with E-state index in [9.17, 15) is 0 Å².